The normalized spacial score (nSPS) is 16.6. The highest BCUT2D eigenvalue weighted by Gasteiger charge is 2.23. The van der Waals surface area contributed by atoms with Gasteiger partial charge in [0.2, 0.25) is 0 Å². The van der Waals surface area contributed by atoms with Gasteiger partial charge >= 0.3 is 0 Å². The van der Waals surface area contributed by atoms with Crippen LogP contribution in [-0.2, 0) is 4.79 Å². The van der Waals surface area contributed by atoms with E-state index < -0.39 is 0 Å². The maximum Gasteiger partial charge on any atom is 0.263 e. The summed E-state index contributed by atoms with van der Waals surface area (Å²) in [7, 11) is 0. The minimum Gasteiger partial charge on any atom is -0.456 e. The van der Waals surface area contributed by atoms with Gasteiger partial charge in [0.05, 0.1) is 10.5 Å². The first-order valence-corrected chi connectivity index (χ1v) is 8.33. The van der Waals surface area contributed by atoms with Crippen molar-refractivity contribution < 1.29 is 9.21 Å². The molecule has 1 aliphatic heterocycles. The molecule has 1 fully saturated rings. The Kier molecular flexibility index (Phi) is 3.29. The summed E-state index contributed by atoms with van der Waals surface area (Å²) in [4.78, 5) is 20.7. The molecular formula is C14H7N3O2S3. The summed E-state index contributed by atoms with van der Waals surface area (Å²) in [6, 6.07) is 1.85. The number of thioether (sulfide) groups is 1. The van der Waals surface area contributed by atoms with Gasteiger partial charge in [-0.05, 0) is 6.07 Å². The van der Waals surface area contributed by atoms with E-state index in [9.17, 15) is 4.79 Å². The van der Waals surface area contributed by atoms with Crippen molar-refractivity contribution in [2.75, 3.05) is 0 Å². The summed E-state index contributed by atoms with van der Waals surface area (Å²) < 4.78 is 6.34. The first-order chi connectivity index (χ1) is 10.7. The molecule has 0 atom stereocenters. The average Bonchev–Trinajstić information content (AvgIpc) is 3.19. The molecule has 22 heavy (non-hydrogen) atoms. The number of furan rings is 1. The molecule has 0 saturated carbocycles. The molecule has 108 valence electrons. The van der Waals surface area contributed by atoms with E-state index >= 15 is 0 Å². The van der Waals surface area contributed by atoms with E-state index in [4.69, 9.17) is 16.6 Å². The van der Waals surface area contributed by atoms with E-state index in [-0.39, 0.29) is 5.91 Å². The molecule has 3 aromatic heterocycles. The molecule has 5 nitrogen and oxygen atoms in total. The van der Waals surface area contributed by atoms with Crippen molar-refractivity contribution in [3.63, 3.8) is 0 Å². The van der Waals surface area contributed by atoms with Gasteiger partial charge < -0.3 is 9.73 Å². The number of nitrogens with zero attached hydrogens (tertiary/aromatic N) is 2. The zero-order valence-corrected chi connectivity index (χ0v) is 13.3. The molecule has 4 rings (SSSR count). The molecular weight excluding hydrogens is 338 g/mol. The van der Waals surface area contributed by atoms with Crippen LogP contribution in [0.5, 0.6) is 0 Å². The lowest BCUT2D eigenvalue weighted by atomic mass is 10.2. The maximum absolute atomic E-state index is 11.7. The van der Waals surface area contributed by atoms with Crippen LogP contribution in [0.4, 0.5) is 0 Å². The second-order valence-corrected chi connectivity index (χ2v) is 7.06. The predicted octanol–water partition coefficient (Wildman–Crippen LogP) is 3.44. The molecule has 0 bridgehead atoms. The smallest absolute Gasteiger partial charge is 0.263 e. The van der Waals surface area contributed by atoms with Crippen molar-refractivity contribution in [1.29, 1.82) is 0 Å². The molecule has 0 unspecified atom stereocenters. The second-order valence-electron chi connectivity index (χ2n) is 4.44. The number of rotatable bonds is 2. The largest absolute Gasteiger partial charge is 0.456 e. The fourth-order valence-corrected chi connectivity index (χ4v) is 3.78. The molecule has 3 aromatic rings. The lowest BCUT2D eigenvalue weighted by Gasteiger charge is -1.96. The van der Waals surface area contributed by atoms with Crippen LogP contribution in [0.1, 0.15) is 5.76 Å². The number of thiazole rings is 1. The van der Waals surface area contributed by atoms with Gasteiger partial charge in [-0.2, -0.15) is 0 Å². The fourth-order valence-electron chi connectivity index (χ4n) is 2.11. The molecule has 0 aliphatic carbocycles. The summed E-state index contributed by atoms with van der Waals surface area (Å²) in [6.07, 6.45) is 6.88. The molecule has 1 N–H and O–H groups in total. The van der Waals surface area contributed by atoms with Crippen molar-refractivity contribution in [2.24, 2.45) is 0 Å². The Balaban J connectivity index is 1.82. The number of hydrogen-bond acceptors (Lipinski definition) is 7. The maximum atomic E-state index is 11.7. The molecule has 0 aromatic carbocycles. The Hall–Kier alpha value is -2.03. The van der Waals surface area contributed by atoms with Crippen LogP contribution >= 0.6 is 35.3 Å². The third kappa shape index (κ3) is 2.35. The number of fused-ring (bicyclic) bond motifs is 1. The number of nitrogens with one attached hydrogen (secondary N) is 1. The third-order valence-corrected chi connectivity index (χ3v) is 4.99. The molecule has 1 aliphatic rings. The Morgan fingerprint density at radius 3 is 3.00 bits per heavy atom. The first-order valence-electron chi connectivity index (χ1n) is 6.23. The first kappa shape index (κ1) is 13.6. The van der Waals surface area contributed by atoms with E-state index in [1.165, 1.54) is 23.1 Å². The minimum absolute atomic E-state index is 0.200. The van der Waals surface area contributed by atoms with E-state index in [2.05, 4.69) is 15.3 Å². The number of carbonyl (C=O) groups excluding carboxylic acids is 1. The second kappa shape index (κ2) is 5.31. The molecule has 0 spiro atoms. The van der Waals surface area contributed by atoms with Gasteiger partial charge in [0.1, 0.15) is 20.7 Å². The van der Waals surface area contributed by atoms with Crippen LogP contribution in [0.3, 0.4) is 0 Å². The van der Waals surface area contributed by atoms with Crippen LogP contribution in [0.25, 0.3) is 27.6 Å². The van der Waals surface area contributed by atoms with E-state index in [0.29, 0.717) is 20.6 Å². The van der Waals surface area contributed by atoms with Crippen molar-refractivity contribution in [3.05, 3.63) is 40.7 Å². The Morgan fingerprint density at radius 2 is 2.27 bits per heavy atom. The topological polar surface area (TPSA) is 68.0 Å². The van der Waals surface area contributed by atoms with Crippen molar-refractivity contribution in [2.45, 2.75) is 0 Å². The van der Waals surface area contributed by atoms with Crippen LogP contribution < -0.4 is 5.32 Å². The number of hydrogen-bond donors (Lipinski definition) is 1. The quantitative estimate of drug-likeness (QED) is 0.567. The fraction of sp³-hybridized carbons (Fsp3) is 0. The predicted molar refractivity (Wildman–Crippen MR) is 91.4 cm³/mol. The standard InChI is InChI=1S/C14H7N3O2S3/c18-12-10(22-14(20)17-12)4-8-3-7-5-15-6-9(11(7)19-8)13-16-1-2-21-13/h1-6H,(H,17,18,20)/b10-4-. The van der Waals surface area contributed by atoms with Gasteiger partial charge in [-0.1, -0.05) is 24.0 Å². The summed E-state index contributed by atoms with van der Waals surface area (Å²) in [6.45, 7) is 0. The molecule has 0 radical (unpaired) electrons. The summed E-state index contributed by atoms with van der Waals surface area (Å²) >= 11 is 7.72. The Labute approximate surface area is 138 Å². The number of pyridine rings is 1. The lowest BCUT2D eigenvalue weighted by molar-refractivity contribution is -0.115. The molecule has 1 saturated heterocycles. The summed E-state index contributed by atoms with van der Waals surface area (Å²) in [5.74, 6) is 0.386. The van der Waals surface area contributed by atoms with Crippen molar-refractivity contribution in [3.8, 4) is 10.6 Å². The van der Waals surface area contributed by atoms with Gasteiger partial charge in [-0.15, -0.1) is 11.3 Å². The van der Waals surface area contributed by atoms with Gasteiger partial charge in [0.15, 0.2) is 0 Å². The summed E-state index contributed by atoms with van der Waals surface area (Å²) in [5.41, 5.74) is 1.55. The van der Waals surface area contributed by atoms with Crippen LogP contribution in [0.15, 0.2) is 39.4 Å². The van der Waals surface area contributed by atoms with Gasteiger partial charge in [-0.25, -0.2) is 4.98 Å². The average molecular weight is 345 g/mol. The highest BCUT2D eigenvalue weighted by atomic mass is 32.2. The number of aromatic nitrogens is 2. The SMILES string of the molecule is O=C1NC(=S)S/C1=C\c1cc2cncc(-c3nccs3)c2o1. The van der Waals surface area contributed by atoms with Crippen LogP contribution in [-0.4, -0.2) is 20.2 Å². The zero-order chi connectivity index (χ0) is 15.1. The number of carbonyl (C=O) groups is 1. The molecule has 4 heterocycles. The Bertz CT molecular complexity index is 928. The third-order valence-electron chi connectivity index (χ3n) is 3.02. The van der Waals surface area contributed by atoms with Crippen LogP contribution in [0, 0.1) is 0 Å². The lowest BCUT2D eigenvalue weighted by Crippen LogP contribution is -2.17. The van der Waals surface area contributed by atoms with Crippen LogP contribution in [0.2, 0.25) is 0 Å². The van der Waals surface area contributed by atoms with Gasteiger partial charge in [0.25, 0.3) is 5.91 Å². The van der Waals surface area contributed by atoms with E-state index in [1.54, 1.807) is 24.7 Å². The van der Waals surface area contributed by atoms with E-state index in [0.717, 1.165) is 16.0 Å². The van der Waals surface area contributed by atoms with E-state index in [1.807, 2.05) is 11.4 Å². The minimum atomic E-state index is -0.200. The highest BCUT2D eigenvalue weighted by molar-refractivity contribution is 8.26. The zero-order valence-electron chi connectivity index (χ0n) is 10.9. The number of thiocarbonyl (C=S) groups is 1. The van der Waals surface area contributed by atoms with Crippen molar-refractivity contribution in [1.82, 2.24) is 15.3 Å². The van der Waals surface area contributed by atoms with Crippen molar-refractivity contribution >= 4 is 62.6 Å². The monoisotopic (exact) mass is 345 g/mol. The molecule has 8 heteroatoms. The number of amides is 1. The van der Waals surface area contributed by atoms with Gasteiger partial charge in [-0.3, -0.25) is 9.78 Å². The molecule has 1 amide bonds. The Morgan fingerprint density at radius 1 is 1.36 bits per heavy atom. The summed E-state index contributed by atoms with van der Waals surface area (Å²) in [5, 5.41) is 6.20. The highest BCUT2D eigenvalue weighted by Crippen LogP contribution is 2.33. The van der Waals surface area contributed by atoms with Gasteiger partial charge in [0, 0.05) is 35.4 Å².